The van der Waals surface area contributed by atoms with Crippen molar-refractivity contribution >= 4 is 0 Å². The van der Waals surface area contributed by atoms with Gasteiger partial charge in [0.2, 0.25) is 0 Å². The quantitative estimate of drug-likeness (QED) is 0.380. The molecule has 1 aromatic rings. The molecule has 0 aliphatic heterocycles. The van der Waals surface area contributed by atoms with Crippen molar-refractivity contribution in [2.24, 2.45) is 0 Å². The maximum atomic E-state index is 2.31. The second-order valence-electron chi connectivity index (χ2n) is 6.01. The van der Waals surface area contributed by atoms with Crippen LogP contribution in [-0.2, 0) is 12.8 Å². The highest BCUT2D eigenvalue weighted by molar-refractivity contribution is 5.23. The van der Waals surface area contributed by atoms with E-state index in [2.05, 4.69) is 44.5 Å². The molecule has 0 saturated heterocycles. The van der Waals surface area contributed by atoms with Crippen LogP contribution in [0.5, 0.6) is 0 Å². The van der Waals surface area contributed by atoms with E-state index in [1.165, 1.54) is 75.3 Å². The molecule has 1 aromatic carbocycles. The van der Waals surface area contributed by atoms with Gasteiger partial charge in [-0.3, -0.25) is 0 Å². The van der Waals surface area contributed by atoms with Gasteiger partial charge in [-0.2, -0.15) is 0 Å². The minimum atomic E-state index is 1.10. The molecule has 0 amide bonds. The molecule has 20 heavy (non-hydrogen) atoms. The van der Waals surface area contributed by atoms with Crippen LogP contribution in [0.15, 0.2) is 24.3 Å². The van der Waals surface area contributed by atoms with Crippen LogP contribution >= 0.6 is 0 Å². The summed E-state index contributed by atoms with van der Waals surface area (Å²) in [6.45, 7) is 4.41. The Balaban J connectivity index is 1.98. The Kier molecular flexibility index (Phi) is 10.4. The first-order valence-corrected chi connectivity index (χ1v) is 8.72. The van der Waals surface area contributed by atoms with Gasteiger partial charge in [0.1, 0.15) is 0 Å². The number of aryl methyl sites for hydroxylation is 1. The van der Waals surface area contributed by atoms with Crippen molar-refractivity contribution in [2.45, 2.75) is 84.5 Å². The molecule has 1 rings (SSSR count). The number of hydrogen-bond donors (Lipinski definition) is 0. The number of unbranched alkanes of at least 4 members (excludes halogenated alkanes) is 8. The average molecular weight is 273 g/mol. The molecule has 0 aliphatic carbocycles. The molecule has 0 nitrogen and oxygen atoms in total. The summed E-state index contributed by atoms with van der Waals surface area (Å²) >= 11 is 0. The Labute approximate surface area is 127 Å². The molecule has 0 fully saturated rings. The highest BCUT2D eigenvalue weighted by atomic mass is 14.0. The predicted molar refractivity (Wildman–Crippen MR) is 91.1 cm³/mol. The van der Waals surface area contributed by atoms with Crippen LogP contribution in [0.4, 0.5) is 0 Å². The van der Waals surface area contributed by atoms with Crippen LogP contribution in [0.3, 0.4) is 0 Å². The Morgan fingerprint density at radius 2 is 1.20 bits per heavy atom. The molecule has 0 atom stereocenters. The normalized spacial score (nSPS) is 10.9. The van der Waals surface area contributed by atoms with Crippen molar-refractivity contribution in [3.05, 3.63) is 41.8 Å². The van der Waals surface area contributed by atoms with Crippen LogP contribution < -0.4 is 0 Å². The summed E-state index contributed by atoms with van der Waals surface area (Å²) in [6, 6.07) is 9.18. The first-order valence-electron chi connectivity index (χ1n) is 8.72. The zero-order valence-corrected chi connectivity index (χ0v) is 13.7. The SMILES string of the molecule is C[CH]Cc1ccc(CCCCCCCCCCC)cc1. The molecule has 113 valence electrons. The van der Waals surface area contributed by atoms with Crippen LogP contribution in [0, 0.1) is 6.42 Å². The third-order valence-electron chi connectivity index (χ3n) is 4.03. The van der Waals surface area contributed by atoms with Crippen LogP contribution in [-0.4, -0.2) is 0 Å². The van der Waals surface area contributed by atoms with Gasteiger partial charge in [0.15, 0.2) is 0 Å². The Morgan fingerprint density at radius 3 is 1.75 bits per heavy atom. The summed E-state index contributed by atoms with van der Waals surface area (Å²) in [7, 11) is 0. The van der Waals surface area contributed by atoms with E-state index < -0.39 is 0 Å². The smallest absolute Gasteiger partial charge is 0.0250 e. The number of hydrogen-bond acceptors (Lipinski definition) is 0. The van der Waals surface area contributed by atoms with E-state index in [-0.39, 0.29) is 0 Å². The third kappa shape index (κ3) is 8.40. The van der Waals surface area contributed by atoms with Gasteiger partial charge in [-0.25, -0.2) is 0 Å². The molecule has 0 bridgehead atoms. The number of rotatable bonds is 12. The van der Waals surface area contributed by atoms with E-state index in [1.54, 1.807) is 0 Å². The van der Waals surface area contributed by atoms with Crippen LogP contribution in [0.25, 0.3) is 0 Å². The first kappa shape index (κ1) is 17.3. The van der Waals surface area contributed by atoms with Crippen molar-refractivity contribution < 1.29 is 0 Å². The minimum Gasteiger partial charge on any atom is -0.0654 e. The van der Waals surface area contributed by atoms with Crippen molar-refractivity contribution in [3.63, 3.8) is 0 Å². The zero-order chi connectivity index (χ0) is 14.5. The van der Waals surface area contributed by atoms with Gasteiger partial charge in [-0.15, -0.1) is 0 Å². The summed E-state index contributed by atoms with van der Waals surface area (Å²) < 4.78 is 0. The van der Waals surface area contributed by atoms with Crippen molar-refractivity contribution in [3.8, 4) is 0 Å². The maximum absolute atomic E-state index is 2.31. The van der Waals surface area contributed by atoms with E-state index in [0.717, 1.165) is 6.42 Å². The molecular formula is C20H33. The standard InChI is InChI=1S/C20H33/c1-3-5-6-7-8-9-10-11-12-14-20-17-15-19(13-4-2)16-18-20/h4,15-18H,3,5-14H2,1-2H3. The first-order chi connectivity index (χ1) is 9.86. The molecule has 0 heteroatoms. The molecule has 0 saturated carbocycles. The Morgan fingerprint density at radius 1 is 0.700 bits per heavy atom. The topological polar surface area (TPSA) is 0 Å². The molecule has 0 aromatic heterocycles. The van der Waals surface area contributed by atoms with Crippen molar-refractivity contribution in [1.29, 1.82) is 0 Å². The fraction of sp³-hybridized carbons (Fsp3) is 0.650. The van der Waals surface area contributed by atoms with Gasteiger partial charge in [-0.1, -0.05) is 89.5 Å². The Hall–Kier alpha value is -0.780. The van der Waals surface area contributed by atoms with Gasteiger partial charge in [0.05, 0.1) is 0 Å². The zero-order valence-electron chi connectivity index (χ0n) is 13.7. The van der Waals surface area contributed by atoms with Gasteiger partial charge in [0, 0.05) is 0 Å². The van der Waals surface area contributed by atoms with Crippen LogP contribution in [0.1, 0.15) is 82.8 Å². The lowest BCUT2D eigenvalue weighted by Gasteiger charge is -2.04. The highest BCUT2D eigenvalue weighted by Crippen LogP contribution is 2.13. The van der Waals surface area contributed by atoms with E-state index in [0.29, 0.717) is 0 Å². The second kappa shape index (κ2) is 12.0. The summed E-state index contributed by atoms with van der Waals surface area (Å²) in [4.78, 5) is 0. The van der Waals surface area contributed by atoms with Gasteiger partial charge >= 0.3 is 0 Å². The van der Waals surface area contributed by atoms with E-state index in [1.807, 2.05) is 0 Å². The molecule has 0 heterocycles. The largest absolute Gasteiger partial charge is 0.0654 e. The van der Waals surface area contributed by atoms with Gasteiger partial charge in [0.25, 0.3) is 0 Å². The number of benzene rings is 1. The monoisotopic (exact) mass is 273 g/mol. The molecule has 0 spiro atoms. The predicted octanol–water partition coefficient (Wildman–Crippen LogP) is 6.53. The van der Waals surface area contributed by atoms with Crippen molar-refractivity contribution in [2.75, 3.05) is 0 Å². The van der Waals surface area contributed by atoms with Crippen LogP contribution in [0.2, 0.25) is 0 Å². The molecular weight excluding hydrogens is 240 g/mol. The summed E-state index contributed by atoms with van der Waals surface area (Å²) in [5.41, 5.74) is 2.94. The molecule has 0 unspecified atom stereocenters. The van der Waals surface area contributed by atoms with E-state index in [9.17, 15) is 0 Å². The van der Waals surface area contributed by atoms with Crippen molar-refractivity contribution in [1.82, 2.24) is 0 Å². The average Bonchev–Trinajstić information content (AvgIpc) is 2.47. The maximum Gasteiger partial charge on any atom is -0.0250 e. The van der Waals surface area contributed by atoms with Gasteiger partial charge < -0.3 is 0 Å². The fourth-order valence-electron chi connectivity index (χ4n) is 2.72. The lowest BCUT2D eigenvalue weighted by molar-refractivity contribution is 0.565. The summed E-state index contributed by atoms with van der Waals surface area (Å²) in [6.07, 6.45) is 17.3. The molecule has 0 N–H and O–H groups in total. The Bertz CT molecular complexity index is 309. The summed E-state index contributed by atoms with van der Waals surface area (Å²) in [5, 5.41) is 0. The summed E-state index contributed by atoms with van der Waals surface area (Å²) in [5.74, 6) is 0. The van der Waals surface area contributed by atoms with E-state index >= 15 is 0 Å². The lowest BCUT2D eigenvalue weighted by Crippen LogP contribution is -1.89. The fourth-order valence-corrected chi connectivity index (χ4v) is 2.72. The minimum absolute atomic E-state index is 1.10. The highest BCUT2D eigenvalue weighted by Gasteiger charge is 1.96. The second-order valence-corrected chi connectivity index (χ2v) is 6.01. The lowest BCUT2D eigenvalue weighted by atomic mass is 10.0. The molecule has 1 radical (unpaired) electrons. The van der Waals surface area contributed by atoms with Gasteiger partial charge in [-0.05, 0) is 36.8 Å². The van der Waals surface area contributed by atoms with E-state index in [4.69, 9.17) is 0 Å². The third-order valence-corrected chi connectivity index (χ3v) is 4.03. The molecule has 0 aliphatic rings.